The first-order chi connectivity index (χ1) is 14.6. The molecule has 0 atom stereocenters. The predicted molar refractivity (Wildman–Crippen MR) is 123 cm³/mol. The van der Waals surface area contributed by atoms with Crippen LogP contribution in [0.25, 0.3) is 6.08 Å². The van der Waals surface area contributed by atoms with Gasteiger partial charge in [0.15, 0.2) is 5.11 Å². The third-order valence-electron chi connectivity index (χ3n) is 3.95. The van der Waals surface area contributed by atoms with E-state index in [1.54, 1.807) is 25.3 Å². The minimum atomic E-state index is -0.341. The normalized spacial score (nSPS) is 10.8. The number of carbonyl (C=O) groups excluding carboxylic acids is 1. The summed E-state index contributed by atoms with van der Waals surface area (Å²) in [7, 11) is 1.58. The first-order valence-corrected chi connectivity index (χ1v) is 9.55. The second kappa shape index (κ2) is 10.6. The second-order valence-electron chi connectivity index (χ2n) is 6.10. The maximum Gasteiger partial charge on any atom is 0.250 e. The van der Waals surface area contributed by atoms with Gasteiger partial charge < -0.3 is 10.1 Å². The number of para-hydroxylation sites is 1. The fourth-order valence-corrected chi connectivity index (χ4v) is 2.73. The van der Waals surface area contributed by atoms with Gasteiger partial charge in [-0.1, -0.05) is 36.4 Å². The molecule has 2 N–H and O–H groups in total. The Hall–Kier alpha value is -3.84. The van der Waals surface area contributed by atoms with Crippen molar-refractivity contribution in [3.05, 3.63) is 90.5 Å². The van der Waals surface area contributed by atoms with Gasteiger partial charge in [0.1, 0.15) is 5.75 Å². The van der Waals surface area contributed by atoms with Gasteiger partial charge in [-0.3, -0.25) is 10.1 Å². The lowest BCUT2D eigenvalue weighted by atomic mass is 10.2. The van der Waals surface area contributed by atoms with E-state index in [0.29, 0.717) is 11.4 Å². The van der Waals surface area contributed by atoms with Crippen molar-refractivity contribution in [1.82, 2.24) is 5.32 Å². The summed E-state index contributed by atoms with van der Waals surface area (Å²) in [6.45, 7) is 0. The molecule has 0 aliphatic rings. The van der Waals surface area contributed by atoms with Crippen LogP contribution in [0.4, 0.5) is 17.1 Å². The third-order valence-corrected chi connectivity index (χ3v) is 4.16. The van der Waals surface area contributed by atoms with Crippen LogP contribution in [-0.2, 0) is 4.79 Å². The largest absolute Gasteiger partial charge is 0.496 e. The van der Waals surface area contributed by atoms with Crippen molar-refractivity contribution in [3.8, 4) is 5.75 Å². The summed E-state index contributed by atoms with van der Waals surface area (Å²) in [6, 6.07) is 24.1. The smallest absolute Gasteiger partial charge is 0.250 e. The summed E-state index contributed by atoms with van der Waals surface area (Å²) in [5, 5.41) is 14.1. The van der Waals surface area contributed by atoms with Crippen LogP contribution in [0, 0.1) is 0 Å². The molecule has 6 nitrogen and oxygen atoms in total. The quantitative estimate of drug-likeness (QED) is 0.310. The first kappa shape index (κ1) is 20.9. The van der Waals surface area contributed by atoms with Crippen molar-refractivity contribution in [2.45, 2.75) is 0 Å². The van der Waals surface area contributed by atoms with E-state index in [9.17, 15) is 4.79 Å². The highest BCUT2D eigenvalue weighted by molar-refractivity contribution is 7.80. The van der Waals surface area contributed by atoms with Crippen LogP contribution >= 0.6 is 12.2 Å². The Morgan fingerprint density at radius 3 is 2.23 bits per heavy atom. The Bertz CT molecular complexity index is 1060. The van der Waals surface area contributed by atoms with Crippen molar-refractivity contribution in [2.24, 2.45) is 10.2 Å². The molecule has 0 spiro atoms. The highest BCUT2D eigenvalue weighted by atomic mass is 32.1. The fourth-order valence-electron chi connectivity index (χ4n) is 2.51. The SMILES string of the molecule is COc1ccccc1C=CC(=O)NC(=S)Nc1ccc(N=Nc2ccccc2)cc1. The molecule has 0 bridgehead atoms. The van der Waals surface area contributed by atoms with E-state index in [2.05, 4.69) is 20.9 Å². The molecule has 3 aromatic rings. The van der Waals surface area contributed by atoms with Gasteiger partial charge >= 0.3 is 0 Å². The Kier molecular flexibility index (Phi) is 7.40. The Labute approximate surface area is 180 Å². The number of rotatable bonds is 6. The number of methoxy groups -OCH3 is 1. The van der Waals surface area contributed by atoms with Crippen molar-refractivity contribution >= 4 is 46.4 Å². The molecule has 0 radical (unpaired) electrons. The van der Waals surface area contributed by atoms with E-state index in [1.165, 1.54) is 6.08 Å². The molecule has 0 aliphatic heterocycles. The topological polar surface area (TPSA) is 75.1 Å². The molecule has 150 valence electrons. The minimum absolute atomic E-state index is 0.198. The molecule has 0 fully saturated rings. The maximum atomic E-state index is 12.1. The average molecular weight is 417 g/mol. The molecule has 1 amide bonds. The van der Waals surface area contributed by atoms with Gasteiger partial charge in [0.05, 0.1) is 18.5 Å². The van der Waals surface area contributed by atoms with E-state index in [4.69, 9.17) is 17.0 Å². The number of nitrogens with zero attached hydrogens (tertiary/aromatic N) is 2. The number of azo groups is 1. The lowest BCUT2D eigenvalue weighted by Gasteiger charge is -2.08. The standard InChI is InChI=1S/C23H20N4O2S/c1-29-21-10-6-5-7-17(21)11-16-22(28)25-23(30)24-18-12-14-20(15-13-18)27-26-19-8-3-2-4-9-19/h2-16H,1H3,(H2,24,25,28,30). The molecule has 0 unspecified atom stereocenters. The Balaban J connectivity index is 1.52. The van der Waals surface area contributed by atoms with Crippen LogP contribution in [0.1, 0.15) is 5.56 Å². The maximum absolute atomic E-state index is 12.1. The molecule has 0 saturated heterocycles. The number of amides is 1. The lowest BCUT2D eigenvalue weighted by Crippen LogP contribution is -2.32. The molecular formula is C23H20N4O2S. The zero-order chi connectivity index (χ0) is 21.2. The predicted octanol–water partition coefficient (Wildman–Crippen LogP) is 5.64. The monoisotopic (exact) mass is 416 g/mol. The highest BCUT2D eigenvalue weighted by Crippen LogP contribution is 2.20. The number of hydrogen-bond donors (Lipinski definition) is 2. The van der Waals surface area contributed by atoms with Gasteiger partial charge in [-0.05, 0) is 60.8 Å². The average Bonchev–Trinajstić information content (AvgIpc) is 2.78. The molecule has 0 heterocycles. The number of ether oxygens (including phenoxy) is 1. The number of thiocarbonyl (C=S) groups is 1. The summed E-state index contributed by atoms with van der Waals surface area (Å²) < 4.78 is 5.25. The van der Waals surface area contributed by atoms with Gasteiger partial charge in [-0.15, -0.1) is 0 Å². The number of hydrogen-bond acceptors (Lipinski definition) is 5. The van der Waals surface area contributed by atoms with E-state index >= 15 is 0 Å². The fraction of sp³-hybridized carbons (Fsp3) is 0.0435. The summed E-state index contributed by atoms with van der Waals surface area (Å²) in [5.41, 5.74) is 3.02. The third kappa shape index (κ3) is 6.35. The minimum Gasteiger partial charge on any atom is -0.496 e. The number of carbonyl (C=O) groups is 1. The van der Waals surface area contributed by atoms with Crippen LogP contribution in [-0.4, -0.2) is 18.1 Å². The Morgan fingerprint density at radius 1 is 0.900 bits per heavy atom. The molecule has 3 aromatic carbocycles. The highest BCUT2D eigenvalue weighted by Gasteiger charge is 2.03. The van der Waals surface area contributed by atoms with E-state index in [1.807, 2.05) is 66.7 Å². The lowest BCUT2D eigenvalue weighted by molar-refractivity contribution is -0.115. The van der Waals surface area contributed by atoms with Crippen LogP contribution < -0.4 is 15.4 Å². The molecular weight excluding hydrogens is 396 g/mol. The van der Waals surface area contributed by atoms with E-state index < -0.39 is 0 Å². The second-order valence-corrected chi connectivity index (χ2v) is 6.51. The molecule has 0 aromatic heterocycles. The molecule has 0 aliphatic carbocycles. The zero-order valence-corrected chi connectivity index (χ0v) is 17.1. The van der Waals surface area contributed by atoms with Gasteiger partial charge in [-0.2, -0.15) is 10.2 Å². The molecule has 0 saturated carbocycles. The van der Waals surface area contributed by atoms with Gasteiger partial charge in [-0.25, -0.2) is 0 Å². The summed E-state index contributed by atoms with van der Waals surface area (Å²) in [4.78, 5) is 12.1. The van der Waals surface area contributed by atoms with Crippen LogP contribution in [0.2, 0.25) is 0 Å². The number of benzene rings is 3. The molecule has 7 heteroatoms. The van der Waals surface area contributed by atoms with E-state index in [-0.39, 0.29) is 11.0 Å². The number of nitrogens with one attached hydrogen (secondary N) is 2. The zero-order valence-electron chi connectivity index (χ0n) is 16.3. The van der Waals surface area contributed by atoms with Crippen LogP contribution in [0.5, 0.6) is 5.75 Å². The van der Waals surface area contributed by atoms with Crippen LogP contribution in [0.3, 0.4) is 0 Å². The summed E-state index contributed by atoms with van der Waals surface area (Å²) in [6.07, 6.45) is 3.07. The van der Waals surface area contributed by atoms with Gasteiger partial charge in [0.25, 0.3) is 0 Å². The molecule has 30 heavy (non-hydrogen) atoms. The van der Waals surface area contributed by atoms with Gasteiger partial charge in [0, 0.05) is 17.3 Å². The van der Waals surface area contributed by atoms with Crippen molar-refractivity contribution in [3.63, 3.8) is 0 Å². The van der Waals surface area contributed by atoms with Crippen molar-refractivity contribution in [2.75, 3.05) is 12.4 Å². The van der Waals surface area contributed by atoms with Crippen molar-refractivity contribution < 1.29 is 9.53 Å². The van der Waals surface area contributed by atoms with Crippen LogP contribution in [0.15, 0.2) is 95.2 Å². The summed E-state index contributed by atoms with van der Waals surface area (Å²) >= 11 is 5.20. The molecule has 3 rings (SSSR count). The number of anilines is 1. The Morgan fingerprint density at radius 2 is 1.53 bits per heavy atom. The summed E-state index contributed by atoms with van der Waals surface area (Å²) in [5.74, 6) is 0.346. The van der Waals surface area contributed by atoms with Crippen molar-refractivity contribution in [1.29, 1.82) is 0 Å². The van der Waals surface area contributed by atoms with E-state index in [0.717, 1.165) is 16.9 Å². The van der Waals surface area contributed by atoms with Gasteiger partial charge in [0.2, 0.25) is 5.91 Å². The first-order valence-electron chi connectivity index (χ1n) is 9.14.